The average molecular weight is 378 g/mol. The third kappa shape index (κ3) is 5.29. The van der Waals surface area contributed by atoms with Crippen molar-refractivity contribution in [2.24, 2.45) is 0 Å². The molecule has 1 unspecified atom stereocenters. The third-order valence-corrected chi connectivity index (χ3v) is 5.21. The van der Waals surface area contributed by atoms with Crippen molar-refractivity contribution in [3.05, 3.63) is 65.5 Å². The minimum atomic E-state index is -3.25. The minimum absolute atomic E-state index is 0.237. The molecule has 2 amide bonds. The SMILES string of the molecule is CCN(Cc1cccc(F)c1)C(=O)NC(C)c1ccc(S(C)(=O)=O)cc1. The normalized spacial score (nSPS) is 12.5. The Balaban J connectivity index is 2.04. The molecule has 0 heterocycles. The predicted molar refractivity (Wildman–Crippen MR) is 99.0 cm³/mol. The predicted octanol–water partition coefficient (Wildman–Crippen LogP) is 3.52. The number of carbonyl (C=O) groups is 1. The Morgan fingerprint density at radius 2 is 1.85 bits per heavy atom. The number of nitrogens with one attached hydrogen (secondary N) is 1. The summed E-state index contributed by atoms with van der Waals surface area (Å²) in [6.07, 6.45) is 1.15. The molecule has 0 radical (unpaired) electrons. The molecule has 7 heteroatoms. The zero-order valence-electron chi connectivity index (χ0n) is 15.1. The Hall–Kier alpha value is -2.41. The molecule has 2 aromatic carbocycles. The molecule has 0 aliphatic carbocycles. The van der Waals surface area contributed by atoms with Crippen LogP contribution in [0, 0.1) is 5.82 Å². The van der Waals surface area contributed by atoms with E-state index in [0.29, 0.717) is 18.7 Å². The molecule has 0 bridgehead atoms. The van der Waals surface area contributed by atoms with Gasteiger partial charge in [0.25, 0.3) is 0 Å². The lowest BCUT2D eigenvalue weighted by Gasteiger charge is -2.24. The lowest BCUT2D eigenvalue weighted by Crippen LogP contribution is -2.40. The van der Waals surface area contributed by atoms with Gasteiger partial charge >= 0.3 is 6.03 Å². The summed E-state index contributed by atoms with van der Waals surface area (Å²) in [5, 5.41) is 2.88. The summed E-state index contributed by atoms with van der Waals surface area (Å²) in [6.45, 7) is 4.45. The Bertz CT molecular complexity index is 867. The molecule has 0 saturated carbocycles. The van der Waals surface area contributed by atoms with E-state index in [1.807, 2.05) is 13.8 Å². The molecule has 26 heavy (non-hydrogen) atoms. The molecule has 1 atom stereocenters. The fraction of sp³-hybridized carbons (Fsp3) is 0.316. The van der Waals surface area contributed by atoms with Crippen molar-refractivity contribution in [2.75, 3.05) is 12.8 Å². The van der Waals surface area contributed by atoms with Crippen LogP contribution in [0.3, 0.4) is 0 Å². The van der Waals surface area contributed by atoms with Crippen molar-refractivity contribution in [1.29, 1.82) is 0 Å². The van der Waals surface area contributed by atoms with Gasteiger partial charge in [-0.05, 0) is 49.2 Å². The highest BCUT2D eigenvalue weighted by molar-refractivity contribution is 7.90. The number of amides is 2. The lowest BCUT2D eigenvalue weighted by atomic mass is 10.1. The Morgan fingerprint density at radius 1 is 1.19 bits per heavy atom. The van der Waals surface area contributed by atoms with Crippen LogP contribution < -0.4 is 5.32 Å². The van der Waals surface area contributed by atoms with Crippen LogP contribution in [0.1, 0.15) is 31.0 Å². The van der Waals surface area contributed by atoms with Crippen molar-refractivity contribution in [3.63, 3.8) is 0 Å². The summed E-state index contributed by atoms with van der Waals surface area (Å²) in [7, 11) is -3.25. The lowest BCUT2D eigenvalue weighted by molar-refractivity contribution is 0.194. The van der Waals surface area contributed by atoms with Gasteiger partial charge in [0.1, 0.15) is 5.82 Å². The highest BCUT2D eigenvalue weighted by Crippen LogP contribution is 2.17. The van der Waals surface area contributed by atoms with Gasteiger partial charge in [-0.2, -0.15) is 0 Å². The molecule has 1 N–H and O–H groups in total. The molecule has 2 aromatic rings. The summed E-state index contributed by atoms with van der Waals surface area (Å²) >= 11 is 0. The highest BCUT2D eigenvalue weighted by Gasteiger charge is 2.16. The first-order valence-electron chi connectivity index (χ1n) is 8.30. The fourth-order valence-corrected chi connectivity index (χ4v) is 3.18. The Morgan fingerprint density at radius 3 is 2.38 bits per heavy atom. The summed E-state index contributed by atoms with van der Waals surface area (Å²) in [4.78, 5) is 14.3. The standard InChI is InChI=1S/C19H23FN2O3S/c1-4-22(13-15-6-5-7-17(20)12-15)19(23)21-14(2)16-8-10-18(11-9-16)26(3,24)25/h5-12,14H,4,13H2,1-3H3,(H,21,23). The number of hydrogen-bond donors (Lipinski definition) is 1. The van der Waals surface area contributed by atoms with Crippen LogP contribution >= 0.6 is 0 Å². The number of hydrogen-bond acceptors (Lipinski definition) is 3. The average Bonchev–Trinajstić information content (AvgIpc) is 2.59. The molecular formula is C19H23FN2O3S. The van der Waals surface area contributed by atoms with Crippen LogP contribution in [0.5, 0.6) is 0 Å². The van der Waals surface area contributed by atoms with E-state index < -0.39 is 9.84 Å². The van der Waals surface area contributed by atoms with E-state index in [1.165, 1.54) is 24.3 Å². The monoisotopic (exact) mass is 378 g/mol. The van der Waals surface area contributed by atoms with Gasteiger partial charge in [-0.3, -0.25) is 0 Å². The van der Waals surface area contributed by atoms with Gasteiger partial charge in [0.05, 0.1) is 10.9 Å². The van der Waals surface area contributed by atoms with Crippen LogP contribution in [0.2, 0.25) is 0 Å². The number of halogens is 1. The zero-order valence-corrected chi connectivity index (χ0v) is 15.9. The van der Waals surface area contributed by atoms with Crippen LogP contribution in [0.15, 0.2) is 53.4 Å². The molecule has 0 aliphatic heterocycles. The largest absolute Gasteiger partial charge is 0.331 e. The first kappa shape index (κ1) is 19.9. The second-order valence-corrected chi connectivity index (χ2v) is 8.17. The molecule has 5 nitrogen and oxygen atoms in total. The first-order chi connectivity index (χ1) is 12.2. The van der Waals surface area contributed by atoms with Crippen molar-refractivity contribution in [1.82, 2.24) is 10.2 Å². The summed E-state index contributed by atoms with van der Waals surface area (Å²) < 4.78 is 36.3. The second kappa shape index (κ2) is 8.31. The maximum atomic E-state index is 13.3. The van der Waals surface area contributed by atoms with Gasteiger partial charge in [0.15, 0.2) is 9.84 Å². The van der Waals surface area contributed by atoms with E-state index in [-0.39, 0.29) is 22.8 Å². The molecule has 0 aliphatic rings. The van der Waals surface area contributed by atoms with E-state index >= 15 is 0 Å². The number of benzene rings is 2. The fourth-order valence-electron chi connectivity index (χ4n) is 2.55. The summed E-state index contributed by atoms with van der Waals surface area (Å²) in [5.74, 6) is -0.335. The van der Waals surface area contributed by atoms with E-state index in [2.05, 4.69) is 5.32 Å². The Kier molecular flexibility index (Phi) is 6.37. The van der Waals surface area contributed by atoms with E-state index in [0.717, 1.165) is 11.8 Å². The number of nitrogens with zero attached hydrogens (tertiary/aromatic N) is 1. The van der Waals surface area contributed by atoms with Gasteiger partial charge in [-0.1, -0.05) is 24.3 Å². The highest BCUT2D eigenvalue weighted by atomic mass is 32.2. The summed E-state index contributed by atoms with van der Waals surface area (Å²) in [6, 6.07) is 12.0. The zero-order chi connectivity index (χ0) is 19.3. The van der Waals surface area contributed by atoms with Gasteiger partial charge in [0.2, 0.25) is 0 Å². The smallest absolute Gasteiger partial charge is 0.318 e. The van der Waals surface area contributed by atoms with Crippen molar-refractivity contribution < 1.29 is 17.6 Å². The molecule has 0 fully saturated rings. The Labute approximate surface area is 153 Å². The van der Waals surface area contributed by atoms with Crippen LogP contribution in [-0.2, 0) is 16.4 Å². The first-order valence-corrected chi connectivity index (χ1v) is 10.2. The molecule has 140 valence electrons. The third-order valence-electron chi connectivity index (χ3n) is 4.08. The topological polar surface area (TPSA) is 66.5 Å². The van der Waals surface area contributed by atoms with E-state index in [1.54, 1.807) is 29.2 Å². The molecule has 0 saturated heterocycles. The van der Waals surface area contributed by atoms with Crippen LogP contribution in [0.25, 0.3) is 0 Å². The van der Waals surface area contributed by atoms with Gasteiger partial charge in [0, 0.05) is 19.3 Å². The van der Waals surface area contributed by atoms with Crippen LogP contribution in [-0.4, -0.2) is 32.1 Å². The van der Waals surface area contributed by atoms with Crippen molar-refractivity contribution >= 4 is 15.9 Å². The molecule has 0 spiro atoms. The number of rotatable bonds is 6. The second-order valence-electron chi connectivity index (χ2n) is 6.16. The van der Waals surface area contributed by atoms with Gasteiger partial charge in [-0.25, -0.2) is 17.6 Å². The number of urea groups is 1. The quantitative estimate of drug-likeness (QED) is 0.836. The number of sulfone groups is 1. The van der Waals surface area contributed by atoms with E-state index in [4.69, 9.17) is 0 Å². The van der Waals surface area contributed by atoms with Crippen LogP contribution in [0.4, 0.5) is 9.18 Å². The van der Waals surface area contributed by atoms with Gasteiger partial charge < -0.3 is 10.2 Å². The summed E-state index contributed by atoms with van der Waals surface area (Å²) in [5.41, 5.74) is 1.51. The van der Waals surface area contributed by atoms with Crippen molar-refractivity contribution in [2.45, 2.75) is 31.3 Å². The number of carbonyl (C=O) groups excluding carboxylic acids is 1. The molecule has 0 aromatic heterocycles. The van der Waals surface area contributed by atoms with Crippen molar-refractivity contribution in [3.8, 4) is 0 Å². The van der Waals surface area contributed by atoms with E-state index in [9.17, 15) is 17.6 Å². The molecule has 2 rings (SSSR count). The maximum absolute atomic E-state index is 13.3. The van der Waals surface area contributed by atoms with Gasteiger partial charge in [-0.15, -0.1) is 0 Å². The minimum Gasteiger partial charge on any atom is -0.331 e. The molecular weight excluding hydrogens is 355 g/mol. The maximum Gasteiger partial charge on any atom is 0.318 e.